The van der Waals surface area contributed by atoms with Crippen molar-refractivity contribution in [3.05, 3.63) is 59.7 Å². The predicted octanol–water partition coefficient (Wildman–Crippen LogP) is 2.17. The van der Waals surface area contributed by atoms with Gasteiger partial charge in [-0.1, -0.05) is 35.4 Å². The maximum Gasteiger partial charge on any atom is 0.294 e. The summed E-state index contributed by atoms with van der Waals surface area (Å²) in [4.78, 5) is -0.133. The van der Waals surface area contributed by atoms with Gasteiger partial charge in [-0.3, -0.25) is 9.11 Å². The lowest BCUT2D eigenvalue weighted by Crippen LogP contribution is -2.03. The zero-order valence-corrected chi connectivity index (χ0v) is 17.6. The zero-order chi connectivity index (χ0) is 21.8. The van der Waals surface area contributed by atoms with E-state index in [1.54, 1.807) is 24.3 Å². The molecule has 2 aromatic carbocycles. The Morgan fingerprint density at radius 2 is 0.893 bits per heavy atom. The summed E-state index contributed by atoms with van der Waals surface area (Å²) in [5, 5.41) is 0. The third-order valence-electron chi connectivity index (χ3n) is 3.30. The molecule has 0 saturated carbocycles. The number of aryl methyl sites for hydroxylation is 2. The van der Waals surface area contributed by atoms with Gasteiger partial charge >= 0.3 is 0 Å². The van der Waals surface area contributed by atoms with Crippen LogP contribution in [-0.4, -0.2) is 39.0 Å². The second kappa shape index (κ2) is 12.6. The molecule has 0 aliphatic rings. The van der Waals surface area contributed by atoms with E-state index >= 15 is 0 Å². The van der Waals surface area contributed by atoms with Gasteiger partial charge in [-0.25, -0.2) is 0 Å². The molecule has 2 aromatic rings. The highest BCUT2D eigenvalue weighted by molar-refractivity contribution is 7.86. The zero-order valence-electron chi connectivity index (χ0n) is 15.9. The number of unbranched alkanes of at least 4 members (excludes halogenated alkanes) is 1. The van der Waals surface area contributed by atoms with Crippen LogP contribution in [0.4, 0.5) is 0 Å². The summed E-state index contributed by atoms with van der Waals surface area (Å²) >= 11 is 0. The first-order valence-electron chi connectivity index (χ1n) is 8.40. The summed E-state index contributed by atoms with van der Waals surface area (Å²) in [6.07, 6.45) is 2.13. The molecule has 28 heavy (non-hydrogen) atoms. The van der Waals surface area contributed by atoms with Gasteiger partial charge in [0.05, 0.1) is 9.79 Å². The van der Waals surface area contributed by atoms with E-state index < -0.39 is 20.2 Å². The molecule has 0 amide bonds. The molecule has 0 saturated heterocycles. The van der Waals surface area contributed by atoms with Crippen molar-refractivity contribution in [2.24, 2.45) is 11.5 Å². The maximum atomic E-state index is 10.5. The van der Waals surface area contributed by atoms with Gasteiger partial charge in [-0.05, 0) is 64.0 Å². The van der Waals surface area contributed by atoms with Crippen molar-refractivity contribution in [3.63, 3.8) is 0 Å². The van der Waals surface area contributed by atoms with E-state index in [2.05, 4.69) is 0 Å². The molecule has 0 bridgehead atoms. The Kier molecular flexibility index (Phi) is 11.8. The van der Waals surface area contributed by atoms with Crippen LogP contribution in [0.5, 0.6) is 0 Å². The van der Waals surface area contributed by atoms with Crippen LogP contribution in [-0.2, 0) is 20.2 Å². The average Bonchev–Trinajstić information content (AvgIpc) is 2.60. The van der Waals surface area contributed by atoms with Crippen molar-refractivity contribution >= 4 is 20.2 Å². The molecular weight excluding hydrogens is 404 g/mol. The van der Waals surface area contributed by atoms with Gasteiger partial charge < -0.3 is 11.5 Å². The fourth-order valence-corrected chi connectivity index (χ4v) is 2.67. The van der Waals surface area contributed by atoms with Crippen LogP contribution in [0.15, 0.2) is 58.3 Å². The first-order chi connectivity index (χ1) is 12.9. The summed E-state index contributed by atoms with van der Waals surface area (Å²) in [6.45, 7) is 5.23. The minimum Gasteiger partial charge on any atom is -0.330 e. The molecule has 0 aliphatic heterocycles. The van der Waals surface area contributed by atoms with E-state index in [-0.39, 0.29) is 9.79 Å². The van der Waals surface area contributed by atoms with Gasteiger partial charge in [0.25, 0.3) is 20.2 Å². The van der Waals surface area contributed by atoms with Gasteiger partial charge in [0.2, 0.25) is 0 Å². The highest BCUT2D eigenvalue weighted by Gasteiger charge is 2.07. The van der Waals surface area contributed by atoms with Gasteiger partial charge in [-0.2, -0.15) is 16.8 Å². The van der Waals surface area contributed by atoms with Crippen LogP contribution in [0.25, 0.3) is 0 Å². The second-order valence-electron chi connectivity index (χ2n) is 5.86. The monoisotopic (exact) mass is 432 g/mol. The molecule has 10 heteroatoms. The number of hydrogen-bond donors (Lipinski definition) is 4. The van der Waals surface area contributed by atoms with Crippen LogP contribution >= 0.6 is 0 Å². The van der Waals surface area contributed by atoms with Crippen LogP contribution in [0, 0.1) is 13.8 Å². The normalized spacial score (nSPS) is 10.9. The smallest absolute Gasteiger partial charge is 0.294 e. The summed E-state index contributed by atoms with van der Waals surface area (Å²) in [6, 6.07) is 12.0. The second-order valence-corrected chi connectivity index (χ2v) is 8.70. The van der Waals surface area contributed by atoms with E-state index in [4.69, 9.17) is 20.6 Å². The van der Waals surface area contributed by atoms with Crippen molar-refractivity contribution in [1.29, 1.82) is 0 Å². The minimum absolute atomic E-state index is 0.0666. The van der Waals surface area contributed by atoms with Crippen molar-refractivity contribution in [3.8, 4) is 0 Å². The molecule has 158 valence electrons. The summed E-state index contributed by atoms with van der Waals surface area (Å²) < 4.78 is 59.1. The van der Waals surface area contributed by atoms with Crippen LogP contribution < -0.4 is 11.5 Å². The standard InChI is InChI=1S/2C7H8O3S.C4H12N2/c2*1-6-2-4-7(5-3-6)11(8,9)10;5-3-1-2-4-6/h2*2-5H,1H3,(H,8,9,10);1-6H2. The lowest BCUT2D eigenvalue weighted by molar-refractivity contribution is 0.481. The molecule has 8 nitrogen and oxygen atoms in total. The molecule has 0 fully saturated rings. The first-order valence-corrected chi connectivity index (χ1v) is 11.3. The van der Waals surface area contributed by atoms with E-state index in [1.165, 1.54) is 24.3 Å². The Morgan fingerprint density at radius 1 is 0.643 bits per heavy atom. The third-order valence-corrected chi connectivity index (χ3v) is 5.03. The van der Waals surface area contributed by atoms with Gasteiger partial charge in [0, 0.05) is 0 Å². The Balaban J connectivity index is 0.000000411. The van der Waals surface area contributed by atoms with Crippen molar-refractivity contribution in [1.82, 2.24) is 0 Å². The van der Waals surface area contributed by atoms with Crippen molar-refractivity contribution < 1.29 is 25.9 Å². The summed E-state index contributed by atoms with van der Waals surface area (Å²) in [5.41, 5.74) is 12.2. The van der Waals surface area contributed by atoms with Gasteiger partial charge in [0.15, 0.2) is 0 Å². The third kappa shape index (κ3) is 11.8. The lowest BCUT2D eigenvalue weighted by Gasteiger charge is -1.95. The molecule has 0 radical (unpaired) electrons. The number of hydrogen-bond acceptors (Lipinski definition) is 6. The molecule has 6 N–H and O–H groups in total. The Morgan fingerprint density at radius 3 is 1.07 bits per heavy atom. The average molecular weight is 433 g/mol. The predicted molar refractivity (Wildman–Crippen MR) is 109 cm³/mol. The Hall–Kier alpha value is -1.82. The Bertz CT molecular complexity index is 817. The topological polar surface area (TPSA) is 161 Å². The SMILES string of the molecule is Cc1ccc(S(=O)(=O)O)cc1.Cc1ccc(S(=O)(=O)O)cc1.NCCCCN. The number of benzene rings is 2. The molecule has 0 aliphatic carbocycles. The van der Waals surface area contributed by atoms with Crippen LogP contribution in [0.1, 0.15) is 24.0 Å². The molecule has 0 heterocycles. The Labute approximate surface area is 167 Å². The summed E-state index contributed by atoms with van der Waals surface area (Å²) in [5.74, 6) is 0. The van der Waals surface area contributed by atoms with Crippen molar-refractivity contribution in [2.45, 2.75) is 36.5 Å². The first kappa shape index (κ1) is 26.2. The fraction of sp³-hybridized carbons (Fsp3) is 0.333. The van der Waals surface area contributed by atoms with E-state index in [9.17, 15) is 16.8 Å². The molecule has 0 unspecified atom stereocenters. The fourth-order valence-electron chi connectivity index (χ4n) is 1.71. The number of rotatable bonds is 5. The lowest BCUT2D eigenvalue weighted by atomic mass is 10.2. The highest BCUT2D eigenvalue weighted by Crippen LogP contribution is 2.09. The molecule has 0 spiro atoms. The van der Waals surface area contributed by atoms with E-state index in [0.717, 1.165) is 37.1 Å². The quantitative estimate of drug-likeness (QED) is 0.413. The number of nitrogens with two attached hydrogens (primary N) is 2. The highest BCUT2D eigenvalue weighted by atomic mass is 32.2. The van der Waals surface area contributed by atoms with E-state index in [0.29, 0.717) is 0 Å². The van der Waals surface area contributed by atoms with Gasteiger partial charge in [0.1, 0.15) is 0 Å². The molecule has 0 atom stereocenters. The van der Waals surface area contributed by atoms with Crippen LogP contribution in [0.3, 0.4) is 0 Å². The minimum atomic E-state index is -4.02. The largest absolute Gasteiger partial charge is 0.330 e. The van der Waals surface area contributed by atoms with Gasteiger partial charge in [-0.15, -0.1) is 0 Å². The maximum absolute atomic E-state index is 10.5. The van der Waals surface area contributed by atoms with E-state index in [1.807, 2.05) is 13.8 Å². The van der Waals surface area contributed by atoms with Crippen molar-refractivity contribution in [2.75, 3.05) is 13.1 Å². The van der Waals surface area contributed by atoms with Crippen LogP contribution in [0.2, 0.25) is 0 Å². The summed E-state index contributed by atoms with van der Waals surface area (Å²) in [7, 11) is -8.04. The molecule has 2 rings (SSSR count). The molecule has 0 aromatic heterocycles. The molecular formula is C18H28N2O6S2.